The van der Waals surface area contributed by atoms with Crippen molar-refractivity contribution in [1.82, 2.24) is 9.29 Å². The fraction of sp³-hybridized carbons (Fsp3) is 0.167. The summed E-state index contributed by atoms with van der Waals surface area (Å²) in [4.78, 5) is 0.228. The maximum atomic E-state index is 12.2. The molecule has 19 heavy (non-hydrogen) atoms. The Labute approximate surface area is 129 Å². The number of sulfonamides is 1. The normalized spacial score (nSPS) is 11.7. The predicted molar refractivity (Wildman–Crippen MR) is 81.3 cm³/mol. The van der Waals surface area contributed by atoms with E-state index in [0.717, 1.165) is 10.0 Å². The molecular weight excluding hydrogens is 396 g/mol. The van der Waals surface area contributed by atoms with Crippen molar-refractivity contribution in [3.8, 4) is 0 Å². The van der Waals surface area contributed by atoms with Crippen LogP contribution in [-0.2, 0) is 23.6 Å². The van der Waals surface area contributed by atoms with Crippen molar-refractivity contribution in [2.75, 3.05) is 0 Å². The van der Waals surface area contributed by atoms with Crippen molar-refractivity contribution in [3.63, 3.8) is 0 Å². The van der Waals surface area contributed by atoms with Gasteiger partial charge in [-0.05, 0) is 45.8 Å². The van der Waals surface area contributed by atoms with Crippen molar-refractivity contribution in [3.05, 3.63) is 51.2 Å². The number of halogens is 2. The second-order valence-corrected chi connectivity index (χ2v) is 7.59. The topological polar surface area (TPSA) is 51.1 Å². The lowest BCUT2D eigenvalue weighted by Gasteiger charge is -2.08. The Morgan fingerprint density at radius 2 is 2.00 bits per heavy atom. The Morgan fingerprint density at radius 3 is 2.58 bits per heavy atom. The largest absolute Gasteiger partial charge is 0.357 e. The molecule has 0 saturated heterocycles. The number of hydrogen-bond donors (Lipinski definition) is 1. The molecule has 0 saturated carbocycles. The van der Waals surface area contributed by atoms with E-state index in [-0.39, 0.29) is 11.4 Å². The first-order valence-corrected chi connectivity index (χ1v) is 8.51. The standard InChI is InChI=1S/C12H12Br2N2O2S/c1-16-5-4-9(8-16)7-15-19(17,18)12-3-2-10(13)6-11(12)14/h2-6,8,15H,7H2,1H3. The summed E-state index contributed by atoms with van der Waals surface area (Å²) in [6.07, 6.45) is 3.75. The number of aromatic nitrogens is 1. The lowest BCUT2D eigenvalue weighted by molar-refractivity contribution is 0.581. The van der Waals surface area contributed by atoms with Crippen LogP contribution >= 0.6 is 31.9 Å². The van der Waals surface area contributed by atoms with E-state index in [1.165, 1.54) is 0 Å². The Balaban J connectivity index is 2.18. The molecule has 2 aromatic rings. The fourth-order valence-corrected chi connectivity index (χ4v) is 4.38. The molecule has 0 aliphatic carbocycles. The van der Waals surface area contributed by atoms with Crippen molar-refractivity contribution < 1.29 is 8.42 Å². The highest BCUT2D eigenvalue weighted by Gasteiger charge is 2.17. The summed E-state index contributed by atoms with van der Waals surface area (Å²) in [7, 11) is -1.63. The van der Waals surface area contributed by atoms with E-state index in [1.807, 2.05) is 30.1 Å². The van der Waals surface area contributed by atoms with Crippen LogP contribution in [0.3, 0.4) is 0 Å². The van der Waals surface area contributed by atoms with E-state index in [2.05, 4.69) is 36.6 Å². The molecule has 0 bridgehead atoms. The average molecular weight is 408 g/mol. The molecular formula is C12H12Br2N2O2S. The van der Waals surface area contributed by atoms with Crippen LogP contribution in [0.15, 0.2) is 50.5 Å². The van der Waals surface area contributed by atoms with E-state index in [0.29, 0.717) is 4.47 Å². The molecule has 102 valence electrons. The molecule has 7 heteroatoms. The molecule has 0 aliphatic heterocycles. The molecule has 0 spiro atoms. The van der Waals surface area contributed by atoms with Gasteiger partial charge in [-0.15, -0.1) is 0 Å². The third-order valence-electron chi connectivity index (χ3n) is 2.54. The molecule has 1 aromatic carbocycles. The highest BCUT2D eigenvalue weighted by molar-refractivity contribution is 9.11. The van der Waals surface area contributed by atoms with E-state index < -0.39 is 10.0 Å². The van der Waals surface area contributed by atoms with Crippen LogP contribution in [0.4, 0.5) is 0 Å². The maximum absolute atomic E-state index is 12.2. The number of hydrogen-bond acceptors (Lipinski definition) is 2. The SMILES string of the molecule is Cn1ccc(CNS(=O)(=O)c2ccc(Br)cc2Br)c1. The average Bonchev–Trinajstić information content (AvgIpc) is 2.72. The van der Waals surface area contributed by atoms with Gasteiger partial charge in [0.05, 0.1) is 4.90 Å². The van der Waals surface area contributed by atoms with Crippen LogP contribution in [-0.4, -0.2) is 13.0 Å². The van der Waals surface area contributed by atoms with Crippen molar-refractivity contribution in [1.29, 1.82) is 0 Å². The second-order valence-electron chi connectivity index (χ2n) is 4.08. The zero-order valence-corrected chi connectivity index (χ0v) is 14.1. The van der Waals surface area contributed by atoms with Crippen LogP contribution < -0.4 is 4.72 Å². The van der Waals surface area contributed by atoms with Crippen LogP contribution in [0, 0.1) is 0 Å². The summed E-state index contributed by atoms with van der Waals surface area (Å²) in [5.41, 5.74) is 0.916. The number of benzene rings is 1. The third kappa shape index (κ3) is 3.68. The van der Waals surface area contributed by atoms with Crippen molar-refractivity contribution in [2.24, 2.45) is 7.05 Å². The van der Waals surface area contributed by atoms with Crippen LogP contribution in [0.5, 0.6) is 0 Å². The Hall–Kier alpha value is -0.630. The van der Waals surface area contributed by atoms with E-state index in [4.69, 9.17) is 0 Å². The van der Waals surface area contributed by atoms with Crippen LogP contribution in [0.2, 0.25) is 0 Å². The van der Waals surface area contributed by atoms with Crippen molar-refractivity contribution in [2.45, 2.75) is 11.4 Å². The Bertz CT molecular complexity index is 696. The quantitative estimate of drug-likeness (QED) is 0.846. The fourth-order valence-electron chi connectivity index (χ4n) is 1.61. The third-order valence-corrected chi connectivity index (χ3v) is 5.41. The Morgan fingerprint density at radius 1 is 1.26 bits per heavy atom. The van der Waals surface area contributed by atoms with Gasteiger partial charge >= 0.3 is 0 Å². The highest BCUT2D eigenvalue weighted by Crippen LogP contribution is 2.25. The molecule has 1 heterocycles. The monoisotopic (exact) mass is 406 g/mol. The predicted octanol–water partition coefficient (Wildman–Crippen LogP) is 3.03. The second kappa shape index (κ2) is 5.78. The molecule has 0 fully saturated rings. The van der Waals surface area contributed by atoms with Gasteiger partial charge in [0.25, 0.3) is 0 Å². The summed E-state index contributed by atoms with van der Waals surface area (Å²) in [5.74, 6) is 0. The van der Waals surface area contributed by atoms with Gasteiger partial charge in [0.15, 0.2) is 0 Å². The number of aryl methyl sites for hydroxylation is 1. The van der Waals surface area contributed by atoms with Gasteiger partial charge in [-0.1, -0.05) is 15.9 Å². The molecule has 0 amide bonds. The first-order valence-electron chi connectivity index (χ1n) is 5.44. The van der Waals surface area contributed by atoms with Gasteiger partial charge in [0.1, 0.15) is 0 Å². The van der Waals surface area contributed by atoms with Crippen LogP contribution in [0.1, 0.15) is 5.56 Å². The number of rotatable bonds is 4. The van der Waals surface area contributed by atoms with Gasteiger partial charge in [0.2, 0.25) is 10.0 Å². The van der Waals surface area contributed by atoms with E-state index >= 15 is 0 Å². The molecule has 0 unspecified atom stereocenters. The molecule has 2 rings (SSSR count). The molecule has 1 N–H and O–H groups in total. The van der Waals surface area contributed by atoms with Gasteiger partial charge in [-0.25, -0.2) is 13.1 Å². The maximum Gasteiger partial charge on any atom is 0.241 e. The summed E-state index contributed by atoms with van der Waals surface area (Å²) < 4.78 is 30.2. The summed E-state index contributed by atoms with van der Waals surface area (Å²) >= 11 is 6.55. The minimum absolute atomic E-state index is 0.228. The van der Waals surface area contributed by atoms with Gasteiger partial charge in [0, 0.05) is 34.9 Å². The van der Waals surface area contributed by atoms with E-state index in [1.54, 1.807) is 18.2 Å². The number of nitrogens with one attached hydrogen (secondary N) is 1. The Kier molecular flexibility index (Phi) is 4.50. The lowest BCUT2D eigenvalue weighted by Crippen LogP contribution is -2.23. The van der Waals surface area contributed by atoms with Gasteiger partial charge in [-0.2, -0.15) is 0 Å². The summed E-state index contributed by atoms with van der Waals surface area (Å²) in [6, 6.07) is 6.83. The first-order chi connectivity index (χ1) is 8.88. The summed E-state index contributed by atoms with van der Waals surface area (Å²) in [6.45, 7) is 0.270. The molecule has 4 nitrogen and oxygen atoms in total. The molecule has 1 aromatic heterocycles. The summed E-state index contributed by atoms with van der Waals surface area (Å²) in [5, 5.41) is 0. The van der Waals surface area contributed by atoms with E-state index in [9.17, 15) is 8.42 Å². The molecule has 0 atom stereocenters. The van der Waals surface area contributed by atoms with Gasteiger partial charge in [-0.3, -0.25) is 0 Å². The minimum atomic E-state index is -3.52. The molecule has 0 radical (unpaired) electrons. The van der Waals surface area contributed by atoms with Crippen molar-refractivity contribution >= 4 is 41.9 Å². The zero-order valence-electron chi connectivity index (χ0n) is 10.1. The van der Waals surface area contributed by atoms with Gasteiger partial charge < -0.3 is 4.57 Å². The first kappa shape index (κ1) is 14.8. The highest BCUT2D eigenvalue weighted by atomic mass is 79.9. The molecule has 0 aliphatic rings. The number of nitrogens with zero attached hydrogens (tertiary/aromatic N) is 1. The van der Waals surface area contributed by atoms with Crippen LogP contribution in [0.25, 0.3) is 0 Å². The lowest BCUT2D eigenvalue weighted by atomic mass is 10.3. The smallest absolute Gasteiger partial charge is 0.241 e. The minimum Gasteiger partial charge on any atom is -0.357 e. The zero-order chi connectivity index (χ0) is 14.0.